The van der Waals surface area contributed by atoms with Crippen molar-refractivity contribution in [2.24, 2.45) is 0 Å². The van der Waals surface area contributed by atoms with Crippen LogP contribution in [0, 0.1) is 0 Å². The maximum Gasteiger partial charge on any atom is 0.175 e. The Labute approximate surface area is 118 Å². The van der Waals surface area contributed by atoms with Gasteiger partial charge in [-0.3, -0.25) is 0 Å². The van der Waals surface area contributed by atoms with Crippen molar-refractivity contribution in [3.05, 3.63) is 36.4 Å². The first-order valence-corrected chi connectivity index (χ1v) is 8.16. The van der Waals surface area contributed by atoms with Crippen molar-refractivity contribution in [1.82, 2.24) is 9.97 Å². The van der Waals surface area contributed by atoms with Gasteiger partial charge in [0.1, 0.15) is 5.82 Å². The van der Waals surface area contributed by atoms with E-state index in [-0.39, 0.29) is 10.9 Å². The number of hydrogen-bond acceptors (Lipinski definition) is 5. The van der Waals surface area contributed by atoms with Crippen molar-refractivity contribution in [3.8, 4) is 0 Å². The molecule has 0 saturated carbocycles. The number of anilines is 2. The fraction of sp³-hybridized carbons (Fsp3) is 0.308. The number of aromatic nitrogens is 2. The van der Waals surface area contributed by atoms with Crippen LogP contribution in [0.3, 0.4) is 0 Å². The van der Waals surface area contributed by atoms with E-state index in [1.165, 1.54) is 6.07 Å². The average Bonchev–Trinajstić information content (AvgIpc) is 2.90. The molecule has 1 aromatic carbocycles. The van der Waals surface area contributed by atoms with Gasteiger partial charge in [-0.15, -0.1) is 0 Å². The third-order valence-electron chi connectivity index (χ3n) is 3.04. The van der Waals surface area contributed by atoms with Gasteiger partial charge in [-0.25, -0.2) is 13.4 Å². The predicted molar refractivity (Wildman–Crippen MR) is 79.2 cm³/mol. The van der Waals surface area contributed by atoms with E-state index in [4.69, 9.17) is 5.73 Å². The minimum Gasteiger partial charge on any atom is -0.397 e. The van der Waals surface area contributed by atoms with Gasteiger partial charge in [0.25, 0.3) is 0 Å². The number of hydrogen-bond donors (Lipinski definition) is 3. The summed E-state index contributed by atoms with van der Waals surface area (Å²) in [5.41, 5.74) is 7.01. The first kappa shape index (κ1) is 14.4. The monoisotopic (exact) mass is 294 g/mol. The maximum absolute atomic E-state index is 11.5. The number of H-pyrrole nitrogens is 1. The lowest BCUT2D eigenvalue weighted by Gasteiger charge is -2.18. The van der Waals surface area contributed by atoms with Crippen LogP contribution >= 0.6 is 0 Å². The van der Waals surface area contributed by atoms with E-state index in [0.717, 1.165) is 18.5 Å². The number of nitrogens with one attached hydrogen (secondary N) is 2. The van der Waals surface area contributed by atoms with Crippen LogP contribution in [-0.2, 0) is 9.84 Å². The molecule has 1 unspecified atom stereocenters. The van der Waals surface area contributed by atoms with Crippen LogP contribution in [0.1, 0.15) is 25.2 Å². The molecule has 7 heteroatoms. The highest BCUT2D eigenvalue weighted by Crippen LogP contribution is 2.27. The highest BCUT2D eigenvalue weighted by molar-refractivity contribution is 7.90. The lowest BCUT2D eigenvalue weighted by atomic mass is 10.2. The third kappa shape index (κ3) is 3.11. The average molecular weight is 294 g/mol. The molecule has 4 N–H and O–H groups in total. The standard InChI is InChI=1S/C13H18N4O2S/c1-3-11(13-15-6-7-16-13)17-12-5-4-9(8-10(12)14)20(2,18)19/h4-8,11,17H,3,14H2,1-2H3,(H,15,16). The van der Waals surface area contributed by atoms with Gasteiger partial charge in [0.05, 0.1) is 22.3 Å². The molecule has 20 heavy (non-hydrogen) atoms. The van der Waals surface area contributed by atoms with E-state index in [1.54, 1.807) is 24.5 Å². The number of nitrogen functional groups attached to an aromatic ring is 1. The quantitative estimate of drug-likeness (QED) is 0.732. The summed E-state index contributed by atoms with van der Waals surface area (Å²) in [6, 6.07) is 4.68. The van der Waals surface area contributed by atoms with Crippen molar-refractivity contribution in [2.45, 2.75) is 24.3 Å². The first-order valence-electron chi connectivity index (χ1n) is 6.27. The number of benzene rings is 1. The topological polar surface area (TPSA) is 101 Å². The Balaban J connectivity index is 2.26. The summed E-state index contributed by atoms with van der Waals surface area (Å²) in [7, 11) is -3.25. The maximum atomic E-state index is 11.5. The lowest BCUT2D eigenvalue weighted by molar-refractivity contribution is 0.602. The lowest BCUT2D eigenvalue weighted by Crippen LogP contribution is -2.13. The summed E-state index contributed by atoms with van der Waals surface area (Å²) in [5, 5.41) is 3.26. The van der Waals surface area contributed by atoms with Gasteiger partial charge in [0, 0.05) is 18.6 Å². The second-order valence-electron chi connectivity index (χ2n) is 4.60. The number of rotatable bonds is 5. The van der Waals surface area contributed by atoms with Crippen LogP contribution in [0.5, 0.6) is 0 Å². The van der Waals surface area contributed by atoms with Gasteiger partial charge in [-0.1, -0.05) is 6.92 Å². The molecule has 0 fully saturated rings. The van der Waals surface area contributed by atoms with Crippen LogP contribution in [0.4, 0.5) is 11.4 Å². The van der Waals surface area contributed by atoms with Gasteiger partial charge in [-0.2, -0.15) is 0 Å². The Morgan fingerprint density at radius 3 is 2.70 bits per heavy atom. The minimum absolute atomic E-state index is 0.00335. The molecule has 1 heterocycles. The van der Waals surface area contributed by atoms with Crippen LogP contribution in [0.15, 0.2) is 35.5 Å². The summed E-state index contributed by atoms with van der Waals surface area (Å²) in [4.78, 5) is 7.48. The van der Waals surface area contributed by atoms with E-state index in [1.807, 2.05) is 6.92 Å². The van der Waals surface area contributed by atoms with E-state index >= 15 is 0 Å². The largest absolute Gasteiger partial charge is 0.397 e. The SMILES string of the molecule is CCC(Nc1ccc(S(C)(=O)=O)cc1N)c1ncc[nH]1. The fourth-order valence-electron chi connectivity index (χ4n) is 1.92. The molecule has 108 valence electrons. The number of nitrogens with two attached hydrogens (primary N) is 1. The van der Waals surface area contributed by atoms with Crippen LogP contribution in [0.25, 0.3) is 0 Å². The van der Waals surface area contributed by atoms with Crippen LogP contribution in [0.2, 0.25) is 0 Å². The Morgan fingerprint density at radius 2 is 2.20 bits per heavy atom. The number of aromatic amines is 1. The fourth-order valence-corrected chi connectivity index (χ4v) is 2.58. The smallest absolute Gasteiger partial charge is 0.175 e. The third-order valence-corrected chi connectivity index (χ3v) is 4.15. The number of imidazole rings is 1. The summed E-state index contributed by atoms with van der Waals surface area (Å²) in [5.74, 6) is 0.819. The highest BCUT2D eigenvalue weighted by atomic mass is 32.2. The molecule has 0 bridgehead atoms. The molecule has 2 rings (SSSR count). The molecule has 0 amide bonds. The van der Waals surface area contributed by atoms with Crippen molar-refractivity contribution in [3.63, 3.8) is 0 Å². The highest BCUT2D eigenvalue weighted by Gasteiger charge is 2.14. The van der Waals surface area contributed by atoms with Gasteiger partial charge in [-0.05, 0) is 24.6 Å². The van der Waals surface area contributed by atoms with Crippen molar-refractivity contribution >= 4 is 21.2 Å². The van der Waals surface area contributed by atoms with Crippen molar-refractivity contribution in [1.29, 1.82) is 0 Å². The minimum atomic E-state index is -3.25. The zero-order chi connectivity index (χ0) is 14.8. The summed E-state index contributed by atoms with van der Waals surface area (Å²) in [6.07, 6.45) is 5.43. The predicted octanol–water partition coefficient (Wildman–Crippen LogP) is 1.96. The second kappa shape index (κ2) is 5.54. The Hall–Kier alpha value is -2.02. The molecule has 6 nitrogen and oxygen atoms in total. The van der Waals surface area contributed by atoms with Crippen molar-refractivity contribution < 1.29 is 8.42 Å². The Kier molecular flexibility index (Phi) is 3.99. The van der Waals surface area contributed by atoms with Gasteiger partial charge in [0.2, 0.25) is 0 Å². The summed E-state index contributed by atoms with van der Waals surface area (Å²) >= 11 is 0. The molecule has 0 saturated heterocycles. The van der Waals surface area contributed by atoms with Crippen molar-refractivity contribution in [2.75, 3.05) is 17.3 Å². The summed E-state index contributed by atoms with van der Waals surface area (Å²) in [6.45, 7) is 2.03. The van der Waals surface area contributed by atoms with E-state index in [2.05, 4.69) is 15.3 Å². The van der Waals surface area contributed by atoms with Gasteiger partial charge >= 0.3 is 0 Å². The Morgan fingerprint density at radius 1 is 1.45 bits per heavy atom. The molecule has 0 aliphatic rings. The zero-order valence-electron chi connectivity index (χ0n) is 11.4. The van der Waals surface area contributed by atoms with Crippen LogP contribution in [-0.4, -0.2) is 24.6 Å². The van der Waals surface area contributed by atoms with Gasteiger partial charge < -0.3 is 16.0 Å². The molecule has 1 atom stereocenters. The van der Waals surface area contributed by atoms with Gasteiger partial charge in [0.15, 0.2) is 9.84 Å². The van der Waals surface area contributed by atoms with E-state index in [0.29, 0.717) is 11.4 Å². The molecule has 2 aromatic rings. The molecule has 0 aliphatic heterocycles. The molecule has 0 radical (unpaired) electrons. The van der Waals surface area contributed by atoms with E-state index < -0.39 is 9.84 Å². The second-order valence-corrected chi connectivity index (χ2v) is 6.62. The van der Waals surface area contributed by atoms with Crippen LogP contribution < -0.4 is 11.1 Å². The van der Waals surface area contributed by atoms with E-state index in [9.17, 15) is 8.42 Å². The normalized spacial score (nSPS) is 13.1. The first-order chi connectivity index (χ1) is 9.41. The Bertz CT molecular complexity index is 680. The zero-order valence-corrected chi connectivity index (χ0v) is 12.2. The molecule has 0 aliphatic carbocycles. The molecule has 0 spiro atoms. The number of sulfone groups is 1. The molecular weight excluding hydrogens is 276 g/mol. The molecule has 1 aromatic heterocycles. The molecular formula is C13H18N4O2S. The number of nitrogens with zero attached hydrogens (tertiary/aromatic N) is 1. The summed E-state index contributed by atoms with van der Waals surface area (Å²) < 4.78 is 22.9.